The number of hydrogen-bond donors (Lipinski definition) is 1. The molecule has 3 rings (SSSR count). The van der Waals surface area contributed by atoms with E-state index in [1.165, 1.54) is 25.3 Å². The summed E-state index contributed by atoms with van der Waals surface area (Å²) in [6.07, 6.45) is 0. The third-order valence-electron chi connectivity index (χ3n) is 4.16. The quantitative estimate of drug-likeness (QED) is 0.542. The number of anilines is 2. The summed E-state index contributed by atoms with van der Waals surface area (Å²) in [7, 11) is -2.55. The lowest BCUT2D eigenvalue weighted by atomic mass is 10.3. The Bertz CT molecular complexity index is 1150. The fourth-order valence-corrected chi connectivity index (χ4v) is 4.48. The highest BCUT2D eigenvalue weighted by Gasteiger charge is 2.27. The Morgan fingerprint density at radius 2 is 1.73 bits per heavy atom. The third kappa shape index (κ3) is 5.05. The number of hydrogen-bond acceptors (Lipinski definition) is 4. The maximum absolute atomic E-state index is 13.3. The Morgan fingerprint density at radius 1 is 1.00 bits per heavy atom. The normalized spacial score (nSPS) is 11.0. The standard InChI is InChI=1S/C21H18Cl2N2O4S/c1-29-17-7-5-6-16(13-17)25(30(27,28)18-8-3-2-4-9-18)14-21(26)24-20-12-15(22)10-11-19(20)23/h2-13H,14H2,1H3,(H,24,26). The van der Waals surface area contributed by atoms with Gasteiger partial charge in [-0.15, -0.1) is 0 Å². The monoisotopic (exact) mass is 464 g/mol. The van der Waals surface area contributed by atoms with Gasteiger partial charge in [0.1, 0.15) is 12.3 Å². The van der Waals surface area contributed by atoms with Gasteiger partial charge in [0.25, 0.3) is 10.0 Å². The molecule has 0 heterocycles. The van der Waals surface area contributed by atoms with E-state index in [1.807, 2.05) is 0 Å². The van der Waals surface area contributed by atoms with E-state index in [9.17, 15) is 13.2 Å². The molecule has 3 aromatic rings. The molecular formula is C21H18Cl2N2O4S. The van der Waals surface area contributed by atoms with Crippen LogP contribution in [0.2, 0.25) is 10.0 Å². The van der Waals surface area contributed by atoms with Crippen LogP contribution in [-0.2, 0) is 14.8 Å². The minimum Gasteiger partial charge on any atom is -0.497 e. The van der Waals surface area contributed by atoms with Crippen LogP contribution < -0.4 is 14.4 Å². The number of carbonyl (C=O) groups excluding carboxylic acids is 1. The first-order chi connectivity index (χ1) is 14.3. The zero-order valence-corrected chi connectivity index (χ0v) is 18.2. The highest BCUT2D eigenvalue weighted by atomic mass is 35.5. The molecule has 0 saturated heterocycles. The van der Waals surface area contributed by atoms with Gasteiger partial charge in [0.05, 0.1) is 28.4 Å². The van der Waals surface area contributed by atoms with Crippen molar-refractivity contribution in [3.8, 4) is 5.75 Å². The average molecular weight is 465 g/mol. The van der Waals surface area contributed by atoms with E-state index in [2.05, 4.69) is 5.32 Å². The molecule has 0 bridgehead atoms. The maximum atomic E-state index is 13.3. The highest BCUT2D eigenvalue weighted by Crippen LogP contribution is 2.28. The number of rotatable bonds is 7. The number of amides is 1. The number of carbonyl (C=O) groups is 1. The van der Waals surface area contributed by atoms with E-state index in [0.717, 1.165) is 4.31 Å². The van der Waals surface area contributed by atoms with Gasteiger partial charge in [-0.25, -0.2) is 8.42 Å². The first-order valence-corrected chi connectivity index (χ1v) is 11.0. The topological polar surface area (TPSA) is 75.7 Å². The SMILES string of the molecule is COc1cccc(N(CC(=O)Nc2cc(Cl)ccc2Cl)S(=O)(=O)c2ccccc2)c1. The fourth-order valence-electron chi connectivity index (χ4n) is 2.71. The molecule has 0 spiro atoms. The summed E-state index contributed by atoms with van der Waals surface area (Å²) in [6.45, 7) is -0.479. The molecule has 6 nitrogen and oxygen atoms in total. The minimum atomic E-state index is -4.03. The van der Waals surface area contributed by atoms with Crippen molar-refractivity contribution >= 4 is 50.5 Å². The van der Waals surface area contributed by atoms with Crippen LogP contribution in [-0.4, -0.2) is 28.0 Å². The van der Waals surface area contributed by atoms with E-state index in [0.29, 0.717) is 10.8 Å². The Kier molecular flexibility index (Phi) is 6.87. The Balaban J connectivity index is 1.97. The van der Waals surface area contributed by atoms with Crippen molar-refractivity contribution in [2.45, 2.75) is 4.90 Å². The first kappa shape index (κ1) is 22.0. The van der Waals surface area contributed by atoms with Crippen molar-refractivity contribution in [3.05, 3.63) is 82.8 Å². The van der Waals surface area contributed by atoms with Crippen molar-refractivity contribution in [3.63, 3.8) is 0 Å². The molecule has 0 radical (unpaired) electrons. The van der Waals surface area contributed by atoms with Crippen molar-refractivity contribution in [2.24, 2.45) is 0 Å². The molecule has 1 N–H and O–H groups in total. The Morgan fingerprint density at radius 3 is 2.43 bits per heavy atom. The lowest BCUT2D eigenvalue weighted by molar-refractivity contribution is -0.114. The number of sulfonamides is 1. The Labute approximate surface area is 185 Å². The van der Waals surface area contributed by atoms with E-state index in [-0.39, 0.29) is 21.3 Å². The van der Waals surface area contributed by atoms with Gasteiger partial charge in [0.15, 0.2) is 0 Å². The molecule has 1 amide bonds. The molecule has 0 aliphatic rings. The molecule has 9 heteroatoms. The zero-order chi connectivity index (χ0) is 21.7. The minimum absolute atomic E-state index is 0.0569. The highest BCUT2D eigenvalue weighted by molar-refractivity contribution is 7.92. The molecule has 0 aromatic heterocycles. The summed E-state index contributed by atoms with van der Waals surface area (Å²) in [4.78, 5) is 12.8. The molecule has 0 saturated carbocycles. The number of benzene rings is 3. The summed E-state index contributed by atoms with van der Waals surface area (Å²) in [6, 6.07) is 18.9. The van der Waals surface area contributed by atoms with E-state index < -0.39 is 22.5 Å². The Hall–Kier alpha value is -2.74. The van der Waals surface area contributed by atoms with Crippen molar-refractivity contribution in [1.82, 2.24) is 0 Å². The van der Waals surface area contributed by atoms with Crippen LogP contribution in [0, 0.1) is 0 Å². The van der Waals surface area contributed by atoms with Crippen LogP contribution >= 0.6 is 23.2 Å². The smallest absolute Gasteiger partial charge is 0.264 e. The molecule has 3 aromatic carbocycles. The van der Waals surface area contributed by atoms with Gasteiger partial charge < -0.3 is 10.1 Å². The second kappa shape index (κ2) is 9.38. The molecular weight excluding hydrogens is 447 g/mol. The molecule has 0 fully saturated rings. The van der Waals surface area contributed by atoms with Crippen LogP contribution in [0.3, 0.4) is 0 Å². The zero-order valence-electron chi connectivity index (χ0n) is 15.9. The average Bonchev–Trinajstić information content (AvgIpc) is 2.75. The van der Waals surface area contributed by atoms with E-state index in [4.69, 9.17) is 27.9 Å². The summed E-state index contributed by atoms with van der Waals surface area (Å²) < 4.78 is 32.8. The second-order valence-electron chi connectivity index (χ2n) is 6.20. The van der Waals surface area contributed by atoms with Crippen LogP contribution in [0.4, 0.5) is 11.4 Å². The summed E-state index contributed by atoms with van der Waals surface area (Å²) in [5.41, 5.74) is 0.572. The molecule has 156 valence electrons. The van der Waals surface area contributed by atoms with Gasteiger partial charge in [0.2, 0.25) is 5.91 Å². The lowest BCUT2D eigenvalue weighted by Gasteiger charge is -2.24. The number of ether oxygens (including phenoxy) is 1. The van der Waals surface area contributed by atoms with Gasteiger partial charge in [-0.3, -0.25) is 9.10 Å². The van der Waals surface area contributed by atoms with Crippen molar-refractivity contribution < 1.29 is 17.9 Å². The predicted molar refractivity (Wildman–Crippen MR) is 119 cm³/mol. The van der Waals surface area contributed by atoms with Crippen molar-refractivity contribution in [2.75, 3.05) is 23.3 Å². The van der Waals surface area contributed by atoms with Crippen LogP contribution in [0.5, 0.6) is 5.75 Å². The van der Waals surface area contributed by atoms with Gasteiger partial charge >= 0.3 is 0 Å². The number of nitrogens with zero attached hydrogens (tertiary/aromatic N) is 1. The van der Waals surface area contributed by atoms with Gasteiger partial charge in [0, 0.05) is 11.1 Å². The van der Waals surface area contributed by atoms with E-state index >= 15 is 0 Å². The van der Waals surface area contributed by atoms with E-state index in [1.54, 1.807) is 54.6 Å². The van der Waals surface area contributed by atoms with Crippen LogP contribution in [0.15, 0.2) is 77.7 Å². The second-order valence-corrected chi connectivity index (χ2v) is 8.90. The predicted octanol–water partition coefficient (Wildman–Crippen LogP) is 4.84. The summed E-state index contributed by atoms with van der Waals surface area (Å²) in [5, 5.41) is 3.28. The van der Waals surface area contributed by atoms with Gasteiger partial charge in [-0.2, -0.15) is 0 Å². The molecule has 0 aliphatic carbocycles. The largest absolute Gasteiger partial charge is 0.497 e. The summed E-state index contributed by atoms with van der Waals surface area (Å²) >= 11 is 12.1. The van der Waals surface area contributed by atoms with Gasteiger partial charge in [-0.05, 0) is 42.5 Å². The van der Waals surface area contributed by atoms with Crippen molar-refractivity contribution in [1.29, 1.82) is 0 Å². The number of nitrogens with one attached hydrogen (secondary N) is 1. The van der Waals surface area contributed by atoms with Crippen LogP contribution in [0.25, 0.3) is 0 Å². The van der Waals surface area contributed by atoms with Crippen LogP contribution in [0.1, 0.15) is 0 Å². The number of methoxy groups -OCH3 is 1. The molecule has 0 unspecified atom stereocenters. The first-order valence-electron chi connectivity index (χ1n) is 8.78. The molecule has 0 aliphatic heterocycles. The number of halogens is 2. The maximum Gasteiger partial charge on any atom is 0.264 e. The third-order valence-corrected chi connectivity index (χ3v) is 6.51. The lowest BCUT2D eigenvalue weighted by Crippen LogP contribution is -2.38. The molecule has 0 atom stereocenters. The van der Waals surface area contributed by atoms with Gasteiger partial charge in [-0.1, -0.05) is 47.5 Å². The molecule has 30 heavy (non-hydrogen) atoms. The summed E-state index contributed by atoms with van der Waals surface area (Å²) in [5.74, 6) is -0.124. The fraction of sp³-hybridized carbons (Fsp3) is 0.0952.